The van der Waals surface area contributed by atoms with Gasteiger partial charge in [0.1, 0.15) is 11.5 Å². The first-order valence-electron chi connectivity index (χ1n) is 9.00. The Morgan fingerprint density at radius 1 is 1.05 bits per heavy atom. The molecule has 0 aromatic heterocycles. The lowest BCUT2D eigenvalue weighted by Gasteiger charge is -2.27. The number of hydrogen-bond donors (Lipinski definition) is 0. The number of benzene rings is 1. The van der Waals surface area contributed by atoms with E-state index in [1.807, 2.05) is 12.1 Å². The van der Waals surface area contributed by atoms with Crippen LogP contribution in [0.1, 0.15) is 76.7 Å². The molecule has 2 atom stereocenters. The molecule has 0 bridgehead atoms. The van der Waals surface area contributed by atoms with Crippen LogP contribution >= 0.6 is 0 Å². The zero-order valence-electron chi connectivity index (χ0n) is 14.1. The van der Waals surface area contributed by atoms with Crippen LogP contribution in [0.25, 0.3) is 0 Å². The van der Waals surface area contributed by atoms with Gasteiger partial charge in [-0.05, 0) is 42.9 Å². The van der Waals surface area contributed by atoms with Gasteiger partial charge in [0.15, 0.2) is 0 Å². The van der Waals surface area contributed by atoms with Crippen molar-refractivity contribution in [3.8, 4) is 5.75 Å². The lowest BCUT2D eigenvalue weighted by atomic mass is 9.76. The molecule has 0 radical (unpaired) electrons. The highest BCUT2D eigenvalue weighted by Crippen LogP contribution is 2.35. The maximum absolute atomic E-state index is 12.4. The predicted octanol–water partition coefficient (Wildman–Crippen LogP) is 5.51. The molecule has 1 aromatic rings. The van der Waals surface area contributed by atoms with Gasteiger partial charge >= 0.3 is 0 Å². The quantitative estimate of drug-likeness (QED) is 0.592. The minimum atomic E-state index is 0.113. The van der Waals surface area contributed by atoms with Crippen LogP contribution in [0.3, 0.4) is 0 Å². The molecule has 0 aliphatic heterocycles. The van der Waals surface area contributed by atoms with E-state index in [9.17, 15) is 4.79 Å². The standard InChI is InChI=1S/C20H30O2/c1-3-5-7-16-8-13-19(20(21)15-16)17-9-11-18(12-10-17)22-14-6-4-2/h9-12,16,19H,3-8,13-15H2,1-2H3/t16-,19+/m0/s1. The summed E-state index contributed by atoms with van der Waals surface area (Å²) in [5.41, 5.74) is 1.17. The number of rotatable bonds is 8. The highest BCUT2D eigenvalue weighted by molar-refractivity contribution is 5.86. The molecule has 1 saturated carbocycles. The van der Waals surface area contributed by atoms with Crippen LogP contribution < -0.4 is 4.74 Å². The van der Waals surface area contributed by atoms with Crippen molar-refractivity contribution in [2.75, 3.05) is 6.61 Å². The summed E-state index contributed by atoms with van der Waals surface area (Å²) in [5, 5.41) is 0. The Labute approximate surface area is 135 Å². The van der Waals surface area contributed by atoms with E-state index in [0.717, 1.165) is 38.0 Å². The van der Waals surface area contributed by atoms with Crippen molar-refractivity contribution in [2.24, 2.45) is 5.92 Å². The molecule has 0 unspecified atom stereocenters. The van der Waals surface area contributed by atoms with E-state index >= 15 is 0 Å². The molecule has 0 saturated heterocycles. The first-order chi connectivity index (χ1) is 10.7. The summed E-state index contributed by atoms with van der Waals surface area (Å²) in [5.74, 6) is 2.09. The van der Waals surface area contributed by atoms with E-state index in [-0.39, 0.29) is 5.92 Å². The first kappa shape index (κ1) is 17.1. The van der Waals surface area contributed by atoms with Gasteiger partial charge in [-0.15, -0.1) is 0 Å². The van der Waals surface area contributed by atoms with Crippen molar-refractivity contribution in [3.05, 3.63) is 29.8 Å². The first-order valence-corrected chi connectivity index (χ1v) is 9.00. The topological polar surface area (TPSA) is 26.3 Å². The Morgan fingerprint density at radius 2 is 1.77 bits per heavy atom. The molecule has 0 amide bonds. The molecular weight excluding hydrogens is 272 g/mol. The fraction of sp³-hybridized carbons (Fsp3) is 0.650. The number of hydrogen-bond acceptors (Lipinski definition) is 2. The second kappa shape index (κ2) is 8.97. The smallest absolute Gasteiger partial charge is 0.140 e. The van der Waals surface area contributed by atoms with E-state index in [1.165, 1.54) is 31.2 Å². The summed E-state index contributed by atoms with van der Waals surface area (Å²) in [6.07, 6.45) is 8.93. The number of carbonyl (C=O) groups excluding carboxylic acids is 1. The molecule has 0 spiro atoms. The van der Waals surface area contributed by atoms with Crippen LogP contribution in [0.15, 0.2) is 24.3 Å². The Balaban J connectivity index is 1.88. The van der Waals surface area contributed by atoms with Crippen molar-refractivity contribution in [1.29, 1.82) is 0 Å². The molecule has 1 fully saturated rings. The summed E-state index contributed by atoms with van der Waals surface area (Å²) in [7, 11) is 0. The van der Waals surface area contributed by atoms with E-state index in [1.54, 1.807) is 0 Å². The Morgan fingerprint density at radius 3 is 2.41 bits per heavy atom. The van der Waals surface area contributed by atoms with Gasteiger partial charge in [0.2, 0.25) is 0 Å². The normalized spacial score (nSPS) is 21.8. The van der Waals surface area contributed by atoms with Crippen molar-refractivity contribution < 1.29 is 9.53 Å². The van der Waals surface area contributed by atoms with Gasteiger partial charge in [-0.25, -0.2) is 0 Å². The van der Waals surface area contributed by atoms with Gasteiger partial charge in [0.05, 0.1) is 6.61 Å². The zero-order chi connectivity index (χ0) is 15.8. The van der Waals surface area contributed by atoms with Crippen molar-refractivity contribution in [2.45, 2.75) is 71.1 Å². The minimum absolute atomic E-state index is 0.113. The van der Waals surface area contributed by atoms with Crippen LogP contribution in [-0.4, -0.2) is 12.4 Å². The molecule has 122 valence electrons. The summed E-state index contributed by atoms with van der Waals surface area (Å²) < 4.78 is 5.69. The van der Waals surface area contributed by atoms with E-state index in [2.05, 4.69) is 26.0 Å². The van der Waals surface area contributed by atoms with E-state index < -0.39 is 0 Å². The maximum atomic E-state index is 12.4. The van der Waals surface area contributed by atoms with E-state index in [4.69, 9.17) is 4.74 Å². The number of ketones is 1. The molecule has 0 heterocycles. The lowest BCUT2D eigenvalue weighted by molar-refractivity contribution is -0.123. The second-order valence-corrected chi connectivity index (χ2v) is 6.58. The summed E-state index contributed by atoms with van der Waals surface area (Å²) in [6, 6.07) is 8.19. The highest BCUT2D eigenvalue weighted by atomic mass is 16.5. The van der Waals surface area contributed by atoms with Gasteiger partial charge in [-0.1, -0.05) is 51.7 Å². The van der Waals surface area contributed by atoms with Crippen LogP contribution in [0.4, 0.5) is 0 Å². The molecule has 1 aliphatic carbocycles. The predicted molar refractivity (Wildman–Crippen MR) is 91.5 cm³/mol. The average Bonchev–Trinajstić information content (AvgIpc) is 2.54. The number of ether oxygens (including phenoxy) is 1. The largest absolute Gasteiger partial charge is 0.494 e. The average molecular weight is 302 g/mol. The Kier molecular flexibility index (Phi) is 6.95. The van der Waals surface area contributed by atoms with Crippen molar-refractivity contribution in [1.82, 2.24) is 0 Å². The van der Waals surface area contributed by atoms with Crippen molar-refractivity contribution in [3.63, 3.8) is 0 Å². The van der Waals surface area contributed by atoms with Crippen LogP contribution in [0, 0.1) is 5.92 Å². The Bertz CT molecular complexity index is 449. The third-order valence-electron chi connectivity index (χ3n) is 4.76. The highest BCUT2D eigenvalue weighted by Gasteiger charge is 2.29. The van der Waals surface area contributed by atoms with Gasteiger partial charge in [0.25, 0.3) is 0 Å². The van der Waals surface area contributed by atoms with Gasteiger partial charge in [-0.3, -0.25) is 4.79 Å². The second-order valence-electron chi connectivity index (χ2n) is 6.58. The number of carbonyl (C=O) groups is 1. The van der Waals surface area contributed by atoms with Crippen LogP contribution in [0.2, 0.25) is 0 Å². The fourth-order valence-electron chi connectivity index (χ4n) is 3.31. The molecular formula is C20H30O2. The summed E-state index contributed by atoms with van der Waals surface area (Å²) >= 11 is 0. The summed E-state index contributed by atoms with van der Waals surface area (Å²) in [6.45, 7) is 5.16. The van der Waals surface area contributed by atoms with Gasteiger partial charge in [0, 0.05) is 12.3 Å². The minimum Gasteiger partial charge on any atom is -0.494 e. The molecule has 1 aromatic carbocycles. The van der Waals surface area contributed by atoms with Crippen LogP contribution in [0.5, 0.6) is 5.75 Å². The molecule has 2 heteroatoms. The zero-order valence-corrected chi connectivity index (χ0v) is 14.1. The molecule has 2 rings (SSSR count). The molecule has 0 N–H and O–H groups in total. The van der Waals surface area contributed by atoms with Gasteiger partial charge < -0.3 is 4.74 Å². The molecule has 2 nitrogen and oxygen atoms in total. The lowest BCUT2D eigenvalue weighted by Crippen LogP contribution is -2.23. The SMILES string of the molecule is CCCCOc1ccc([C@H]2CC[C@H](CCCC)CC2=O)cc1. The summed E-state index contributed by atoms with van der Waals surface area (Å²) in [4.78, 5) is 12.4. The molecule has 22 heavy (non-hydrogen) atoms. The monoisotopic (exact) mass is 302 g/mol. The van der Waals surface area contributed by atoms with E-state index in [0.29, 0.717) is 11.7 Å². The van der Waals surface area contributed by atoms with Gasteiger partial charge in [-0.2, -0.15) is 0 Å². The van der Waals surface area contributed by atoms with Crippen LogP contribution in [-0.2, 0) is 4.79 Å². The maximum Gasteiger partial charge on any atom is 0.140 e. The number of Topliss-reactive ketones (excluding diaryl/α,β-unsaturated/α-hetero) is 1. The van der Waals surface area contributed by atoms with Crippen molar-refractivity contribution >= 4 is 5.78 Å². The molecule has 1 aliphatic rings. The Hall–Kier alpha value is -1.31. The number of unbranched alkanes of at least 4 members (excludes halogenated alkanes) is 2. The third-order valence-corrected chi connectivity index (χ3v) is 4.76. The fourth-order valence-corrected chi connectivity index (χ4v) is 3.31. The third kappa shape index (κ3) is 4.86.